The van der Waals surface area contributed by atoms with Crippen molar-refractivity contribution in [2.75, 3.05) is 13.1 Å². The Morgan fingerprint density at radius 1 is 1.40 bits per heavy atom. The summed E-state index contributed by atoms with van der Waals surface area (Å²) in [4.78, 5) is 11.5. The molecule has 0 spiro atoms. The third kappa shape index (κ3) is 4.26. The number of carbonyl (C=O) groups is 1. The highest BCUT2D eigenvalue weighted by molar-refractivity contribution is 7.89. The van der Waals surface area contributed by atoms with E-state index in [1.54, 1.807) is 26.0 Å². The van der Waals surface area contributed by atoms with Crippen LogP contribution in [0, 0.1) is 6.92 Å². The fraction of sp³-hybridized carbons (Fsp3) is 0.333. The Bertz CT molecular complexity index is 627. The molecular formula is C12H17N3O3S2. The number of amides is 1. The topological polar surface area (TPSA) is 101 Å². The van der Waals surface area contributed by atoms with Gasteiger partial charge in [-0.15, -0.1) is 0 Å². The van der Waals surface area contributed by atoms with E-state index in [1.165, 1.54) is 6.07 Å². The molecule has 0 radical (unpaired) electrons. The van der Waals surface area contributed by atoms with Crippen LogP contribution in [0.25, 0.3) is 0 Å². The normalized spacial score (nSPS) is 11.1. The SMILES string of the molecule is CCNC(=O)CNS(=O)(=O)c1cc(C(N)=S)ccc1C. The minimum atomic E-state index is -3.79. The van der Waals surface area contributed by atoms with Crippen LogP contribution < -0.4 is 15.8 Å². The van der Waals surface area contributed by atoms with Gasteiger partial charge in [-0.3, -0.25) is 4.79 Å². The molecular weight excluding hydrogens is 298 g/mol. The van der Waals surface area contributed by atoms with Gasteiger partial charge in [-0.1, -0.05) is 24.4 Å². The minimum Gasteiger partial charge on any atom is -0.389 e. The molecule has 4 N–H and O–H groups in total. The molecule has 0 aromatic heterocycles. The molecule has 0 heterocycles. The summed E-state index contributed by atoms with van der Waals surface area (Å²) in [7, 11) is -3.79. The van der Waals surface area contributed by atoms with Crippen molar-refractivity contribution in [1.29, 1.82) is 0 Å². The number of thiocarbonyl (C=S) groups is 1. The molecule has 1 rings (SSSR count). The van der Waals surface area contributed by atoms with Crippen molar-refractivity contribution in [3.8, 4) is 0 Å². The summed E-state index contributed by atoms with van der Waals surface area (Å²) < 4.78 is 26.6. The second-order valence-corrected chi connectivity index (χ2v) is 6.30. The number of nitrogens with one attached hydrogen (secondary N) is 2. The van der Waals surface area contributed by atoms with E-state index in [9.17, 15) is 13.2 Å². The van der Waals surface area contributed by atoms with Crippen LogP contribution in [0.2, 0.25) is 0 Å². The second kappa shape index (κ2) is 6.78. The zero-order chi connectivity index (χ0) is 15.3. The lowest BCUT2D eigenvalue weighted by atomic mass is 10.1. The monoisotopic (exact) mass is 315 g/mol. The summed E-state index contributed by atoms with van der Waals surface area (Å²) in [5, 5.41) is 2.51. The average Bonchev–Trinajstić information content (AvgIpc) is 2.37. The quantitative estimate of drug-likeness (QED) is 0.644. The first-order chi connectivity index (χ1) is 9.27. The minimum absolute atomic E-state index is 0.0621. The highest BCUT2D eigenvalue weighted by atomic mass is 32.2. The number of sulfonamides is 1. The van der Waals surface area contributed by atoms with E-state index in [4.69, 9.17) is 18.0 Å². The molecule has 0 unspecified atom stereocenters. The van der Waals surface area contributed by atoms with Crippen LogP contribution in [0.1, 0.15) is 18.1 Å². The molecule has 0 saturated heterocycles. The molecule has 1 amide bonds. The van der Waals surface area contributed by atoms with Gasteiger partial charge in [0.25, 0.3) is 0 Å². The predicted molar refractivity (Wildman–Crippen MR) is 80.9 cm³/mol. The third-order valence-electron chi connectivity index (χ3n) is 2.56. The number of nitrogens with two attached hydrogens (primary N) is 1. The van der Waals surface area contributed by atoms with Crippen molar-refractivity contribution < 1.29 is 13.2 Å². The Balaban J connectivity index is 3.00. The molecule has 1 aromatic carbocycles. The van der Waals surface area contributed by atoms with Crippen molar-refractivity contribution in [3.63, 3.8) is 0 Å². The lowest BCUT2D eigenvalue weighted by molar-refractivity contribution is -0.119. The third-order valence-corrected chi connectivity index (χ3v) is 4.34. The lowest BCUT2D eigenvalue weighted by Gasteiger charge is -2.10. The number of rotatable bonds is 6. The van der Waals surface area contributed by atoms with Crippen molar-refractivity contribution in [2.24, 2.45) is 5.73 Å². The number of aryl methyl sites for hydroxylation is 1. The number of carbonyl (C=O) groups excluding carboxylic acids is 1. The fourth-order valence-corrected chi connectivity index (χ4v) is 2.92. The maximum atomic E-state index is 12.2. The molecule has 0 saturated carbocycles. The van der Waals surface area contributed by atoms with Gasteiger partial charge in [-0.2, -0.15) is 0 Å². The molecule has 1 aromatic rings. The first-order valence-corrected chi connectivity index (χ1v) is 7.84. The van der Waals surface area contributed by atoms with Crippen LogP contribution in [0.15, 0.2) is 23.1 Å². The molecule has 110 valence electrons. The zero-order valence-electron chi connectivity index (χ0n) is 11.3. The van der Waals surface area contributed by atoms with Gasteiger partial charge in [0.05, 0.1) is 11.4 Å². The molecule has 8 heteroatoms. The van der Waals surface area contributed by atoms with Crippen LogP contribution in [0.4, 0.5) is 0 Å². The predicted octanol–water partition coefficient (Wildman–Crippen LogP) is 0.0436. The van der Waals surface area contributed by atoms with Crippen LogP contribution >= 0.6 is 12.2 Å². The molecule has 0 aliphatic rings. The van der Waals surface area contributed by atoms with Crippen molar-refractivity contribution >= 4 is 33.1 Å². The van der Waals surface area contributed by atoms with Gasteiger partial charge in [0.1, 0.15) is 4.99 Å². The number of benzene rings is 1. The van der Waals surface area contributed by atoms with Gasteiger partial charge in [0, 0.05) is 12.1 Å². The summed E-state index contributed by atoms with van der Waals surface area (Å²) in [6.45, 7) is 3.54. The van der Waals surface area contributed by atoms with Gasteiger partial charge in [-0.05, 0) is 25.5 Å². The first kappa shape index (κ1) is 16.5. The Hall–Kier alpha value is -1.51. The van der Waals surface area contributed by atoms with Gasteiger partial charge in [0.2, 0.25) is 15.9 Å². The molecule has 6 nitrogen and oxygen atoms in total. The van der Waals surface area contributed by atoms with E-state index >= 15 is 0 Å². The van der Waals surface area contributed by atoms with Gasteiger partial charge >= 0.3 is 0 Å². The summed E-state index contributed by atoms with van der Waals surface area (Å²) in [6, 6.07) is 4.67. The Kier molecular flexibility index (Phi) is 5.61. The zero-order valence-corrected chi connectivity index (χ0v) is 12.9. The van der Waals surface area contributed by atoms with Gasteiger partial charge in [-0.25, -0.2) is 13.1 Å². The van der Waals surface area contributed by atoms with Crippen LogP contribution in [-0.2, 0) is 14.8 Å². The van der Waals surface area contributed by atoms with Crippen LogP contribution in [-0.4, -0.2) is 32.4 Å². The highest BCUT2D eigenvalue weighted by Gasteiger charge is 2.18. The fourth-order valence-electron chi connectivity index (χ4n) is 1.54. The van der Waals surface area contributed by atoms with E-state index < -0.39 is 10.0 Å². The Morgan fingerprint density at radius 2 is 2.05 bits per heavy atom. The van der Waals surface area contributed by atoms with Crippen molar-refractivity contribution in [2.45, 2.75) is 18.7 Å². The van der Waals surface area contributed by atoms with Crippen molar-refractivity contribution in [1.82, 2.24) is 10.0 Å². The number of hydrogen-bond acceptors (Lipinski definition) is 4. The number of hydrogen-bond donors (Lipinski definition) is 3. The smallest absolute Gasteiger partial charge is 0.241 e. The highest BCUT2D eigenvalue weighted by Crippen LogP contribution is 2.16. The molecule has 0 bridgehead atoms. The largest absolute Gasteiger partial charge is 0.389 e. The van der Waals surface area contributed by atoms with Gasteiger partial charge < -0.3 is 11.1 Å². The van der Waals surface area contributed by atoms with Gasteiger partial charge in [0.15, 0.2) is 0 Å². The molecule has 0 aliphatic carbocycles. The second-order valence-electron chi connectivity index (χ2n) is 4.12. The van der Waals surface area contributed by atoms with Crippen LogP contribution in [0.5, 0.6) is 0 Å². The standard InChI is InChI=1S/C12H17N3O3S2/c1-3-14-11(16)7-15-20(17,18)10-6-9(12(13)19)5-4-8(10)2/h4-6,15H,3,7H2,1-2H3,(H2,13,19)(H,14,16). The molecule has 20 heavy (non-hydrogen) atoms. The molecule has 0 fully saturated rings. The molecule has 0 atom stereocenters. The van der Waals surface area contributed by atoms with E-state index in [1.807, 2.05) is 0 Å². The van der Waals surface area contributed by atoms with Crippen LogP contribution in [0.3, 0.4) is 0 Å². The first-order valence-electron chi connectivity index (χ1n) is 5.94. The van der Waals surface area contributed by atoms with E-state index in [2.05, 4.69) is 10.0 Å². The summed E-state index contributed by atoms with van der Waals surface area (Å²) in [5.74, 6) is -0.390. The molecule has 0 aliphatic heterocycles. The van der Waals surface area contributed by atoms with E-state index in [-0.39, 0.29) is 22.3 Å². The Morgan fingerprint density at radius 3 is 2.60 bits per heavy atom. The number of likely N-dealkylation sites (N-methyl/N-ethyl adjacent to an activating group) is 1. The summed E-state index contributed by atoms with van der Waals surface area (Å²) in [5.41, 5.74) is 6.50. The lowest BCUT2D eigenvalue weighted by Crippen LogP contribution is -2.37. The maximum Gasteiger partial charge on any atom is 0.241 e. The van der Waals surface area contributed by atoms with E-state index in [0.717, 1.165) is 0 Å². The van der Waals surface area contributed by atoms with E-state index in [0.29, 0.717) is 17.7 Å². The Labute approximate surface area is 123 Å². The average molecular weight is 315 g/mol. The summed E-state index contributed by atoms with van der Waals surface area (Å²) >= 11 is 4.83. The van der Waals surface area contributed by atoms with Crippen molar-refractivity contribution in [3.05, 3.63) is 29.3 Å². The maximum absolute atomic E-state index is 12.2. The summed E-state index contributed by atoms with van der Waals surface area (Å²) in [6.07, 6.45) is 0.